The number of ether oxygens (including phenoxy) is 1. The van der Waals surface area contributed by atoms with Crippen LogP contribution in [0, 0.1) is 0 Å². The summed E-state index contributed by atoms with van der Waals surface area (Å²) in [6.07, 6.45) is 0.780. The van der Waals surface area contributed by atoms with Crippen LogP contribution < -0.4 is 5.32 Å². The number of carbonyl (C=O) groups is 1. The van der Waals surface area contributed by atoms with E-state index < -0.39 is 0 Å². The van der Waals surface area contributed by atoms with Crippen molar-refractivity contribution < 1.29 is 9.53 Å². The minimum atomic E-state index is 0.167. The van der Waals surface area contributed by atoms with E-state index in [1.807, 2.05) is 20.9 Å². The summed E-state index contributed by atoms with van der Waals surface area (Å²) in [6.45, 7) is 10.2. The summed E-state index contributed by atoms with van der Waals surface area (Å²) in [4.78, 5) is 13.4. The highest BCUT2D eigenvalue weighted by atomic mass is 16.5. The largest absolute Gasteiger partial charge is 0.377 e. The van der Waals surface area contributed by atoms with Crippen LogP contribution in [0.25, 0.3) is 0 Å². The fourth-order valence-electron chi connectivity index (χ4n) is 1.21. The fraction of sp³-hybridized carbons (Fsp3) is 0.917. The van der Waals surface area contributed by atoms with Crippen molar-refractivity contribution in [3.63, 3.8) is 0 Å². The Balaban J connectivity index is 3.57. The average Bonchev–Trinajstić information content (AvgIpc) is 2.16. The van der Waals surface area contributed by atoms with Crippen molar-refractivity contribution in [2.75, 3.05) is 26.7 Å². The third-order valence-electron chi connectivity index (χ3n) is 2.20. The molecule has 0 aromatic carbocycles. The van der Waals surface area contributed by atoms with Gasteiger partial charge in [-0.1, -0.05) is 13.8 Å². The molecule has 0 aliphatic rings. The first-order valence-electron chi connectivity index (χ1n) is 6.02. The van der Waals surface area contributed by atoms with Gasteiger partial charge >= 0.3 is 0 Å². The van der Waals surface area contributed by atoms with E-state index in [0.29, 0.717) is 25.6 Å². The molecule has 0 spiro atoms. The molecular formula is C12H26N2O2. The van der Waals surface area contributed by atoms with Crippen molar-refractivity contribution in [1.29, 1.82) is 0 Å². The van der Waals surface area contributed by atoms with Crippen LogP contribution in [0.4, 0.5) is 0 Å². The molecule has 0 aliphatic heterocycles. The molecule has 0 aliphatic carbocycles. The molecule has 0 heterocycles. The van der Waals surface area contributed by atoms with Crippen LogP contribution in [0.2, 0.25) is 0 Å². The van der Waals surface area contributed by atoms with Gasteiger partial charge in [0.25, 0.3) is 0 Å². The second kappa shape index (κ2) is 8.53. The molecule has 0 bridgehead atoms. The average molecular weight is 230 g/mol. The van der Waals surface area contributed by atoms with Gasteiger partial charge < -0.3 is 15.0 Å². The lowest BCUT2D eigenvalue weighted by molar-refractivity contribution is -0.130. The summed E-state index contributed by atoms with van der Waals surface area (Å²) in [5.74, 6) is 0.167. The highest BCUT2D eigenvalue weighted by Crippen LogP contribution is 1.93. The van der Waals surface area contributed by atoms with E-state index in [0.717, 1.165) is 6.54 Å². The third-order valence-corrected chi connectivity index (χ3v) is 2.20. The van der Waals surface area contributed by atoms with Gasteiger partial charge in [0.15, 0.2) is 0 Å². The Morgan fingerprint density at radius 1 is 1.31 bits per heavy atom. The smallest absolute Gasteiger partial charge is 0.223 e. The number of rotatable bonds is 8. The van der Waals surface area contributed by atoms with E-state index in [4.69, 9.17) is 4.74 Å². The molecule has 1 N–H and O–H groups in total. The van der Waals surface area contributed by atoms with Crippen LogP contribution in [0.1, 0.15) is 34.1 Å². The number of nitrogens with zero attached hydrogens (tertiary/aromatic N) is 1. The van der Waals surface area contributed by atoms with Crippen molar-refractivity contribution >= 4 is 5.91 Å². The standard InChI is InChI=1S/C12H26N2O2/c1-10(2)13-7-6-12(15)14(5)8-9-16-11(3)4/h10-11,13H,6-9H2,1-5H3. The molecule has 4 heteroatoms. The van der Waals surface area contributed by atoms with Crippen molar-refractivity contribution in [2.24, 2.45) is 0 Å². The summed E-state index contributed by atoms with van der Waals surface area (Å²) < 4.78 is 5.40. The molecule has 96 valence electrons. The molecular weight excluding hydrogens is 204 g/mol. The van der Waals surface area contributed by atoms with E-state index in [1.54, 1.807) is 4.90 Å². The second-order valence-electron chi connectivity index (χ2n) is 4.59. The molecule has 0 aromatic heterocycles. The van der Waals surface area contributed by atoms with Gasteiger partial charge in [0, 0.05) is 32.6 Å². The lowest BCUT2D eigenvalue weighted by Gasteiger charge is -2.18. The highest BCUT2D eigenvalue weighted by molar-refractivity contribution is 5.76. The summed E-state index contributed by atoms with van der Waals surface area (Å²) in [7, 11) is 1.82. The Bertz CT molecular complexity index is 193. The minimum absolute atomic E-state index is 0.167. The van der Waals surface area contributed by atoms with Crippen molar-refractivity contribution in [3.8, 4) is 0 Å². The predicted molar refractivity (Wildman–Crippen MR) is 66.5 cm³/mol. The van der Waals surface area contributed by atoms with Gasteiger partial charge in [-0.2, -0.15) is 0 Å². The Hall–Kier alpha value is -0.610. The molecule has 0 saturated heterocycles. The number of hydrogen-bond donors (Lipinski definition) is 1. The molecule has 0 rings (SSSR count). The summed E-state index contributed by atoms with van der Waals surface area (Å²) in [5.41, 5.74) is 0. The Kier molecular flexibility index (Phi) is 8.21. The number of likely N-dealkylation sites (N-methyl/N-ethyl adjacent to an activating group) is 1. The number of carbonyl (C=O) groups excluding carboxylic acids is 1. The zero-order chi connectivity index (χ0) is 12.6. The van der Waals surface area contributed by atoms with Gasteiger partial charge in [-0.25, -0.2) is 0 Å². The van der Waals surface area contributed by atoms with E-state index in [2.05, 4.69) is 19.2 Å². The predicted octanol–water partition coefficient (Wildman–Crippen LogP) is 1.26. The molecule has 0 radical (unpaired) electrons. The fourth-order valence-corrected chi connectivity index (χ4v) is 1.21. The van der Waals surface area contributed by atoms with Crippen LogP contribution in [-0.4, -0.2) is 49.7 Å². The number of amides is 1. The van der Waals surface area contributed by atoms with Crippen LogP contribution >= 0.6 is 0 Å². The monoisotopic (exact) mass is 230 g/mol. The third kappa shape index (κ3) is 8.68. The van der Waals surface area contributed by atoms with Gasteiger partial charge in [0.2, 0.25) is 5.91 Å². The maximum atomic E-state index is 11.6. The Labute approximate surface area is 99.3 Å². The molecule has 0 saturated carbocycles. The zero-order valence-corrected chi connectivity index (χ0v) is 11.2. The Morgan fingerprint density at radius 2 is 1.94 bits per heavy atom. The number of nitrogens with one attached hydrogen (secondary N) is 1. The lowest BCUT2D eigenvalue weighted by atomic mass is 10.3. The zero-order valence-electron chi connectivity index (χ0n) is 11.2. The first-order chi connectivity index (χ1) is 7.43. The van der Waals surface area contributed by atoms with Crippen molar-refractivity contribution in [1.82, 2.24) is 10.2 Å². The lowest BCUT2D eigenvalue weighted by Crippen LogP contribution is -2.34. The molecule has 1 amide bonds. The van der Waals surface area contributed by atoms with Crippen LogP contribution in [0.3, 0.4) is 0 Å². The summed E-state index contributed by atoms with van der Waals surface area (Å²) in [6, 6.07) is 0.433. The maximum absolute atomic E-state index is 11.6. The van der Waals surface area contributed by atoms with Crippen molar-refractivity contribution in [3.05, 3.63) is 0 Å². The molecule has 0 fully saturated rings. The van der Waals surface area contributed by atoms with E-state index >= 15 is 0 Å². The van der Waals surface area contributed by atoms with Gasteiger partial charge in [0.1, 0.15) is 0 Å². The van der Waals surface area contributed by atoms with Crippen LogP contribution in [0.15, 0.2) is 0 Å². The Morgan fingerprint density at radius 3 is 2.44 bits per heavy atom. The van der Waals surface area contributed by atoms with E-state index in [1.165, 1.54) is 0 Å². The minimum Gasteiger partial charge on any atom is -0.377 e. The molecule has 4 nitrogen and oxygen atoms in total. The second-order valence-corrected chi connectivity index (χ2v) is 4.59. The first-order valence-corrected chi connectivity index (χ1v) is 6.02. The summed E-state index contributed by atoms with van der Waals surface area (Å²) >= 11 is 0. The topological polar surface area (TPSA) is 41.6 Å². The molecule has 0 aromatic rings. The van der Waals surface area contributed by atoms with Crippen LogP contribution in [0.5, 0.6) is 0 Å². The van der Waals surface area contributed by atoms with Gasteiger partial charge in [-0.15, -0.1) is 0 Å². The normalized spacial score (nSPS) is 11.2. The highest BCUT2D eigenvalue weighted by Gasteiger charge is 2.08. The molecule has 0 unspecified atom stereocenters. The number of hydrogen-bond acceptors (Lipinski definition) is 3. The molecule has 0 atom stereocenters. The van der Waals surface area contributed by atoms with Gasteiger partial charge in [-0.3, -0.25) is 4.79 Å². The van der Waals surface area contributed by atoms with Gasteiger partial charge in [-0.05, 0) is 13.8 Å². The maximum Gasteiger partial charge on any atom is 0.223 e. The van der Waals surface area contributed by atoms with Crippen molar-refractivity contribution in [2.45, 2.75) is 46.3 Å². The van der Waals surface area contributed by atoms with Crippen LogP contribution in [-0.2, 0) is 9.53 Å². The first kappa shape index (κ1) is 15.4. The quantitative estimate of drug-likeness (QED) is 0.682. The molecule has 16 heavy (non-hydrogen) atoms. The van der Waals surface area contributed by atoms with Gasteiger partial charge in [0.05, 0.1) is 12.7 Å². The SMILES string of the molecule is CC(C)NCCC(=O)N(C)CCOC(C)C. The van der Waals surface area contributed by atoms with E-state index in [9.17, 15) is 4.79 Å². The van der Waals surface area contributed by atoms with E-state index in [-0.39, 0.29) is 12.0 Å². The summed E-state index contributed by atoms with van der Waals surface area (Å²) in [5, 5.41) is 3.23.